The summed E-state index contributed by atoms with van der Waals surface area (Å²) >= 11 is 7.26. The molecule has 3 unspecified atom stereocenters. The topological polar surface area (TPSA) is 88.2 Å². The molecule has 2 amide bonds. The van der Waals surface area contributed by atoms with Crippen molar-refractivity contribution in [3.8, 4) is 0 Å². The van der Waals surface area contributed by atoms with Crippen LogP contribution >= 0.6 is 23.4 Å². The summed E-state index contributed by atoms with van der Waals surface area (Å²) in [5.74, 6) is -0.322. The van der Waals surface area contributed by atoms with Crippen molar-refractivity contribution in [1.29, 1.82) is 0 Å². The van der Waals surface area contributed by atoms with Crippen LogP contribution in [-0.4, -0.2) is 60.6 Å². The van der Waals surface area contributed by atoms with Gasteiger partial charge in [0.25, 0.3) is 0 Å². The Morgan fingerprint density at radius 3 is 2.59 bits per heavy atom. The number of cyclic esters (lactones) is 1. The summed E-state index contributed by atoms with van der Waals surface area (Å²) in [5.41, 5.74) is 1.09. The van der Waals surface area contributed by atoms with Gasteiger partial charge in [-0.3, -0.25) is 9.69 Å². The molecule has 4 rings (SSSR count). The quantitative estimate of drug-likeness (QED) is 0.581. The predicted octanol–water partition coefficient (Wildman–Crippen LogP) is 4.02. The third-order valence-corrected chi connectivity index (χ3v) is 7.35. The normalized spacial score (nSPS) is 24.8. The lowest BCUT2D eigenvalue weighted by Gasteiger charge is -2.29. The van der Waals surface area contributed by atoms with Gasteiger partial charge in [0.05, 0.1) is 22.7 Å². The van der Waals surface area contributed by atoms with Crippen molar-refractivity contribution in [1.82, 2.24) is 5.32 Å². The van der Waals surface area contributed by atoms with Crippen LogP contribution in [0.1, 0.15) is 40.0 Å². The molecule has 2 fully saturated rings. The Balaban J connectivity index is 1.33. The number of nitrogens with zero attached hydrogens (tertiary/aromatic N) is 2. The molecule has 2 saturated heterocycles. The molecule has 1 N–H and O–H groups in total. The fourth-order valence-electron chi connectivity index (χ4n) is 4.27. The zero-order valence-corrected chi connectivity index (χ0v) is 21.2. The number of amides is 2. The van der Waals surface area contributed by atoms with Gasteiger partial charge in [-0.05, 0) is 64.3 Å². The third-order valence-electron chi connectivity index (χ3n) is 5.84. The second-order valence-corrected chi connectivity index (χ2v) is 11.5. The first-order valence-corrected chi connectivity index (χ1v) is 12.7. The van der Waals surface area contributed by atoms with Gasteiger partial charge < -0.3 is 19.7 Å². The molecule has 0 aromatic heterocycles. The van der Waals surface area contributed by atoms with Gasteiger partial charge in [0.15, 0.2) is 0 Å². The fourth-order valence-corrected chi connectivity index (χ4v) is 5.53. The number of allylic oxidation sites excluding steroid dienone is 1. The lowest BCUT2D eigenvalue weighted by atomic mass is 10.1. The number of nitrogens with one attached hydrogen (secondary N) is 1. The van der Waals surface area contributed by atoms with E-state index in [-0.39, 0.29) is 29.7 Å². The van der Waals surface area contributed by atoms with Gasteiger partial charge in [0.1, 0.15) is 17.7 Å². The molecule has 3 atom stereocenters. The summed E-state index contributed by atoms with van der Waals surface area (Å²) in [6, 6.07) is 7.22. The highest BCUT2D eigenvalue weighted by Crippen LogP contribution is 2.35. The maximum absolute atomic E-state index is 12.6. The van der Waals surface area contributed by atoms with Crippen LogP contribution < -0.4 is 15.1 Å². The molecular weight excluding hydrogens is 478 g/mol. The molecule has 3 aliphatic rings. The molecular formula is C24H30ClN3O5S. The number of halogens is 1. The van der Waals surface area contributed by atoms with Gasteiger partial charge in [0.2, 0.25) is 5.91 Å². The number of carbonyl (C=O) groups excluding carboxylic acids is 3. The number of hydrogen-bond acceptors (Lipinski definition) is 7. The van der Waals surface area contributed by atoms with Crippen LogP contribution in [0.3, 0.4) is 0 Å². The zero-order chi connectivity index (χ0) is 24.5. The molecule has 0 saturated carbocycles. The highest BCUT2D eigenvalue weighted by Gasteiger charge is 2.36. The fraction of sp³-hybridized carbons (Fsp3) is 0.542. The lowest BCUT2D eigenvalue weighted by molar-refractivity contribution is -0.156. The molecule has 8 nitrogen and oxygen atoms in total. The van der Waals surface area contributed by atoms with Crippen LogP contribution in [0.15, 0.2) is 34.7 Å². The molecule has 0 aliphatic carbocycles. The van der Waals surface area contributed by atoms with Gasteiger partial charge in [-0.1, -0.05) is 17.7 Å². The molecule has 1 aromatic rings. The maximum atomic E-state index is 12.6. The number of rotatable bonds is 6. The highest BCUT2D eigenvalue weighted by molar-refractivity contribution is 8.06. The monoisotopic (exact) mass is 507 g/mol. The van der Waals surface area contributed by atoms with Crippen molar-refractivity contribution in [2.75, 3.05) is 29.4 Å². The number of hydrogen-bond donors (Lipinski definition) is 1. The summed E-state index contributed by atoms with van der Waals surface area (Å²) in [6.07, 6.45) is 3.23. The average Bonchev–Trinajstić information content (AvgIpc) is 3.51. The number of esters is 1. The van der Waals surface area contributed by atoms with E-state index in [1.165, 1.54) is 11.8 Å². The van der Waals surface area contributed by atoms with E-state index in [1.807, 2.05) is 51.1 Å². The SMILES string of the molecule is CC(C)(C)OC(=O)C1CCCN1c1ccc(N2CC(CNC(=O)C3CC=C(Cl)S3)OC2=O)cc1. The van der Waals surface area contributed by atoms with Crippen LogP contribution in [0.2, 0.25) is 0 Å². The van der Waals surface area contributed by atoms with Gasteiger partial charge in [-0.15, -0.1) is 11.8 Å². The summed E-state index contributed by atoms with van der Waals surface area (Å²) in [6.45, 7) is 6.98. The Morgan fingerprint density at radius 1 is 1.24 bits per heavy atom. The Kier molecular flexibility index (Phi) is 7.33. The minimum absolute atomic E-state index is 0.110. The average molecular weight is 508 g/mol. The second kappa shape index (κ2) is 10.1. The summed E-state index contributed by atoms with van der Waals surface area (Å²) < 4.78 is 11.7. The number of anilines is 2. The van der Waals surface area contributed by atoms with Crippen LogP contribution in [0.25, 0.3) is 0 Å². The first-order chi connectivity index (χ1) is 16.1. The van der Waals surface area contributed by atoms with Crippen molar-refractivity contribution < 1.29 is 23.9 Å². The molecule has 0 radical (unpaired) electrons. The van der Waals surface area contributed by atoms with Crippen LogP contribution in [-0.2, 0) is 19.1 Å². The van der Waals surface area contributed by atoms with Gasteiger partial charge in [-0.2, -0.15) is 0 Å². The zero-order valence-electron chi connectivity index (χ0n) is 19.6. The second-order valence-electron chi connectivity index (χ2n) is 9.61. The van der Waals surface area contributed by atoms with E-state index in [4.69, 9.17) is 21.1 Å². The molecule has 184 valence electrons. The highest BCUT2D eigenvalue weighted by atomic mass is 35.5. The minimum atomic E-state index is -0.527. The first kappa shape index (κ1) is 24.7. The van der Waals surface area contributed by atoms with Crippen LogP contribution in [0, 0.1) is 0 Å². The standard InChI is InChI=1S/C24H30ClN3O5S/c1-24(2,3)33-22(30)18-5-4-12-27(18)15-6-8-16(9-7-15)28-14-17(32-23(28)31)13-26-21(29)19-10-11-20(25)34-19/h6-9,11,17-19H,4-5,10,12-14H2,1-3H3,(H,26,29). The Labute approximate surface area is 209 Å². The molecule has 0 bridgehead atoms. The van der Waals surface area contributed by atoms with E-state index in [1.54, 1.807) is 4.90 Å². The largest absolute Gasteiger partial charge is 0.458 e. The smallest absolute Gasteiger partial charge is 0.414 e. The molecule has 34 heavy (non-hydrogen) atoms. The molecule has 3 heterocycles. The summed E-state index contributed by atoms with van der Waals surface area (Å²) in [5, 5.41) is 2.62. The van der Waals surface area contributed by atoms with Gasteiger partial charge >= 0.3 is 12.1 Å². The van der Waals surface area contributed by atoms with Gasteiger partial charge in [0, 0.05) is 17.9 Å². The molecule has 3 aliphatic heterocycles. The van der Waals surface area contributed by atoms with Crippen molar-refractivity contribution in [3.63, 3.8) is 0 Å². The maximum Gasteiger partial charge on any atom is 0.414 e. The Hall–Kier alpha value is -2.39. The molecule has 1 aromatic carbocycles. The Morgan fingerprint density at radius 2 is 1.94 bits per heavy atom. The molecule has 10 heteroatoms. The number of benzene rings is 1. The van der Waals surface area contributed by atoms with Gasteiger partial charge in [-0.25, -0.2) is 9.59 Å². The van der Waals surface area contributed by atoms with E-state index in [9.17, 15) is 14.4 Å². The first-order valence-electron chi connectivity index (χ1n) is 11.5. The third kappa shape index (κ3) is 5.81. The van der Waals surface area contributed by atoms with E-state index < -0.39 is 17.8 Å². The van der Waals surface area contributed by atoms with Crippen molar-refractivity contribution in [2.24, 2.45) is 0 Å². The van der Waals surface area contributed by atoms with Crippen LogP contribution in [0.4, 0.5) is 16.2 Å². The minimum Gasteiger partial charge on any atom is -0.458 e. The van der Waals surface area contributed by atoms with Crippen molar-refractivity contribution in [3.05, 3.63) is 34.7 Å². The molecule has 0 spiro atoms. The van der Waals surface area contributed by atoms with E-state index >= 15 is 0 Å². The lowest BCUT2D eigenvalue weighted by Crippen LogP contribution is -2.40. The van der Waals surface area contributed by atoms with E-state index in [0.717, 1.165) is 25.1 Å². The predicted molar refractivity (Wildman–Crippen MR) is 133 cm³/mol. The summed E-state index contributed by atoms with van der Waals surface area (Å²) in [7, 11) is 0. The van der Waals surface area contributed by atoms with Crippen molar-refractivity contribution >= 4 is 52.7 Å². The number of ether oxygens (including phenoxy) is 2. The van der Waals surface area contributed by atoms with E-state index in [0.29, 0.717) is 23.0 Å². The van der Waals surface area contributed by atoms with Crippen LogP contribution in [0.5, 0.6) is 0 Å². The number of thioether (sulfide) groups is 1. The van der Waals surface area contributed by atoms with E-state index in [2.05, 4.69) is 10.2 Å². The van der Waals surface area contributed by atoms with Crippen molar-refractivity contribution in [2.45, 2.75) is 63.0 Å². The number of carbonyl (C=O) groups is 3. The Bertz CT molecular complexity index is 978. The summed E-state index contributed by atoms with van der Waals surface area (Å²) in [4.78, 5) is 41.0.